The Hall–Kier alpha value is -2.26. The lowest BCUT2D eigenvalue weighted by atomic mass is 9.99. The first-order valence-electron chi connectivity index (χ1n) is 6.08. The van der Waals surface area contributed by atoms with Crippen molar-refractivity contribution >= 4 is 15.9 Å². The minimum absolute atomic E-state index is 0.0350. The molecular formula is C15H13BrN2O3. The van der Waals surface area contributed by atoms with Crippen molar-refractivity contribution in [1.29, 1.82) is 5.26 Å². The summed E-state index contributed by atoms with van der Waals surface area (Å²) in [6, 6.07) is 7.22. The molecule has 2 rings (SSSR count). The SMILES string of the molecule is COc1ccc(Br)c(-c2cc(C)[nH]c(=O)c2C#N)c1OC. The second-order valence-electron chi connectivity index (χ2n) is 4.34. The molecule has 0 saturated carbocycles. The first kappa shape index (κ1) is 15.1. The molecule has 5 nitrogen and oxygen atoms in total. The van der Waals surface area contributed by atoms with Crippen molar-refractivity contribution < 1.29 is 9.47 Å². The Morgan fingerprint density at radius 3 is 2.57 bits per heavy atom. The van der Waals surface area contributed by atoms with Gasteiger partial charge in [0.05, 0.1) is 14.2 Å². The third-order valence-electron chi connectivity index (χ3n) is 3.04. The highest BCUT2D eigenvalue weighted by molar-refractivity contribution is 9.10. The lowest BCUT2D eigenvalue weighted by Crippen LogP contribution is -2.13. The van der Waals surface area contributed by atoms with Crippen molar-refractivity contribution in [2.24, 2.45) is 0 Å². The summed E-state index contributed by atoms with van der Waals surface area (Å²) in [6.07, 6.45) is 0. The summed E-state index contributed by atoms with van der Waals surface area (Å²) in [4.78, 5) is 14.6. The molecule has 2 aromatic rings. The van der Waals surface area contributed by atoms with Crippen LogP contribution in [0.3, 0.4) is 0 Å². The Morgan fingerprint density at radius 2 is 2.00 bits per heavy atom. The van der Waals surface area contributed by atoms with Crippen LogP contribution in [0.5, 0.6) is 11.5 Å². The van der Waals surface area contributed by atoms with Gasteiger partial charge in [-0.25, -0.2) is 0 Å². The summed E-state index contributed by atoms with van der Waals surface area (Å²) in [7, 11) is 3.05. The number of benzene rings is 1. The number of halogens is 1. The number of nitriles is 1. The topological polar surface area (TPSA) is 75.1 Å². The van der Waals surface area contributed by atoms with Crippen molar-refractivity contribution in [2.75, 3.05) is 14.2 Å². The summed E-state index contributed by atoms with van der Waals surface area (Å²) < 4.78 is 11.4. The second kappa shape index (κ2) is 6.02. The molecule has 21 heavy (non-hydrogen) atoms. The number of rotatable bonds is 3. The molecule has 0 saturated heterocycles. The minimum Gasteiger partial charge on any atom is -0.493 e. The zero-order valence-electron chi connectivity index (χ0n) is 11.8. The lowest BCUT2D eigenvalue weighted by Gasteiger charge is -2.15. The summed E-state index contributed by atoms with van der Waals surface area (Å²) in [6.45, 7) is 1.76. The summed E-state index contributed by atoms with van der Waals surface area (Å²) in [5.74, 6) is 0.992. The van der Waals surface area contributed by atoms with Gasteiger partial charge in [0.15, 0.2) is 11.5 Å². The highest BCUT2D eigenvalue weighted by Gasteiger charge is 2.20. The van der Waals surface area contributed by atoms with Gasteiger partial charge in [-0.1, -0.05) is 15.9 Å². The largest absolute Gasteiger partial charge is 0.493 e. The molecule has 1 heterocycles. The average Bonchev–Trinajstić information content (AvgIpc) is 2.46. The minimum atomic E-state index is -0.427. The van der Waals surface area contributed by atoms with Crippen LogP contribution < -0.4 is 15.0 Å². The van der Waals surface area contributed by atoms with Crippen LogP contribution in [0.1, 0.15) is 11.3 Å². The first-order chi connectivity index (χ1) is 10.0. The van der Waals surface area contributed by atoms with Crippen LogP contribution >= 0.6 is 15.9 Å². The molecule has 0 unspecified atom stereocenters. The summed E-state index contributed by atoms with van der Waals surface area (Å²) in [5, 5.41) is 9.28. The van der Waals surface area contributed by atoms with Crippen molar-refractivity contribution in [3.63, 3.8) is 0 Å². The van der Waals surface area contributed by atoms with E-state index in [9.17, 15) is 10.1 Å². The van der Waals surface area contributed by atoms with Crippen LogP contribution in [0.15, 0.2) is 27.5 Å². The van der Waals surface area contributed by atoms with Gasteiger partial charge in [-0.3, -0.25) is 4.79 Å². The number of nitrogens with one attached hydrogen (secondary N) is 1. The highest BCUT2D eigenvalue weighted by Crippen LogP contribution is 2.43. The maximum atomic E-state index is 12.0. The van der Waals surface area contributed by atoms with Gasteiger partial charge in [-0.05, 0) is 25.1 Å². The number of hydrogen-bond acceptors (Lipinski definition) is 4. The Morgan fingerprint density at radius 1 is 1.29 bits per heavy atom. The lowest BCUT2D eigenvalue weighted by molar-refractivity contribution is 0.356. The molecule has 0 aliphatic rings. The molecular weight excluding hydrogens is 336 g/mol. The number of aromatic amines is 1. The van der Waals surface area contributed by atoms with Crippen LogP contribution in [-0.2, 0) is 0 Å². The molecule has 0 bridgehead atoms. The summed E-state index contributed by atoms with van der Waals surface area (Å²) in [5.41, 5.74) is 1.38. The van der Waals surface area contributed by atoms with Gasteiger partial charge in [-0.15, -0.1) is 0 Å². The molecule has 0 spiro atoms. The van der Waals surface area contributed by atoms with E-state index in [2.05, 4.69) is 20.9 Å². The number of nitrogens with zero attached hydrogens (tertiary/aromatic N) is 1. The second-order valence-corrected chi connectivity index (χ2v) is 5.19. The van der Waals surface area contributed by atoms with Crippen LogP contribution in [-0.4, -0.2) is 19.2 Å². The van der Waals surface area contributed by atoms with E-state index in [-0.39, 0.29) is 5.56 Å². The van der Waals surface area contributed by atoms with Crippen LogP contribution in [0.4, 0.5) is 0 Å². The fourth-order valence-corrected chi connectivity index (χ4v) is 2.68. The van der Waals surface area contributed by atoms with Crippen molar-refractivity contribution in [2.45, 2.75) is 6.92 Å². The molecule has 1 N–H and O–H groups in total. The Labute approximate surface area is 130 Å². The maximum absolute atomic E-state index is 12.0. The third kappa shape index (κ3) is 2.65. The average molecular weight is 349 g/mol. The van der Waals surface area contributed by atoms with E-state index in [0.29, 0.717) is 32.8 Å². The van der Waals surface area contributed by atoms with E-state index in [1.807, 2.05) is 6.07 Å². The molecule has 0 aliphatic carbocycles. The predicted octanol–water partition coefficient (Wildman–Crippen LogP) is 3.00. The van der Waals surface area contributed by atoms with E-state index in [1.165, 1.54) is 14.2 Å². The van der Waals surface area contributed by atoms with E-state index in [1.54, 1.807) is 25.1 Å². The fourth-order valence-electron chi connectivity index (χ4n) is 2.15. The zero-order chi connectivity index (χ0) is 15.6. The number of H-pyrrole nitrogens is 1. The monoisotopic (exact) mass is 348 g/mol. The molecule has 1 aromatic carbocycles. The normalized spacial score (nSPS) is 10.0. The predicted molar refractivity (Wildman–Crippen MR) is 82.8 cm³/mol. The molecule has 0 fully saturated rings. The van der Waals surface area contributed by atoms with E-state index < -0.39 is 5.56 Å². The van der Waals surface area contributed by atoms with Gasteiger partial charge >= 0.3 is 0 Å². The van der Waals surface area contributed by atoms with E-state index in [0.717, 1.165) is 0 Å². The molecule has 0 amide bonds. The van der Waals surface area contributed by atoms with Gasteiger partial charge in [0.25, 0.3) is 5.56 Å². The van der Waals surface area contributed by atoms with Crippen molar-refractivity contribution in [1.82, 2.24) is 4.98 Å². The molecule has 0 radical (unpaired) electrons. The van der Waals surface area contributed by atoms with Gasteiger partial charge < -0.3 is 14.5 Å². The van der Waals surface area contributed by atoms with Crippen molar-refractivity contribution in [3.05, 3.63) is 44.3 Å². The molecule has 6 heteroatoms. The standard InChI is InChI=1S/C15H13BrN2O3/c1-8-6-9(10(7-17)15(19)18-8)13-11(16)4-5-12(20-2)14(13)21-3/h4-6H,1-3H3,(H,18,19). The highest BCUT2D eigenvalue weighted by atomic mass is 79.9. The number of methoxy groups -OCH3 is 2. The van der Waals surface area contributed by atoms with E-state index in [4.69, 9.17) is 9.47 Å². The Bertz CT molecular complexity index is 791. The molecule has 108 valence electrons. The van der Waals surface area contributed by atoms with Crippen LogP contribution in [0, 0.1) is 18.3 Å². The summed E-state index contributed by atoms with van der Waals surface area (Å²) >= 11 is 3.44. The Kier molecular flexibility index (Phi) is 4.34. The smallest absolute Gasteiger partial charge is 0.266 e. The van der Waals surface area contributed by atoms with Gasteiger partial charge in [0.2, 0.25) is 0 Å². The third-order valence-corrected chi connectivity index (χ3v) is 3.70. The van der Waals surface area contributed by atoms with Gasteiger partial charge in [-0.2, -0.15) is 5.26 Å². The molecule has 0 atom stereocenters. The quantitative estimate of drug-likeness (QED) is 0.924. The number of aryl methyl sites for hydroxylation is 1. The first-order valence-corrected chi connectivity index (χ1v) is 6.87. The van der Waals surface area contributed by atoms with E-state index >= 15 is 0 Å². The van der Waals surface area contributed by atoms with Gasteiger partial charge in [0, 0.05) is 21.3 Å². The molecule has 0 aliphatic heterocycles. The fraction of sp³-hybridized carbons (Fsp3) is 0.200. The van der Waals surface area contributed by atoms with Crippen LogP contribution in [0.2, 0.25) is 0 Å². The number of ether oxygens (including phenoxy) is 2. The Balaban J connectivity index is 2.91. The number of pyridine rings is 1. The van der Waals surface area contributed by atoms with Crippen LogP contribution in [0.25, 0.3) is 11.1 Å². The number of aromatic nitrogens is 1. The number of hydrogen-bond donors (Lipinski definition) is 1. The van der Waals surface area contributed by atoms with Crippen molar-refractivity contribution in [3.8, 4) is 28.7 Å². The molecule has 1 aromatic heterocycles. The maximum Gasteiger partial charge on any atom is 0.266 e. The zero-order valence-corrected chi connectivity index (χ0v) is 13.4. The van der Waals surface area contributed by atoms with Gasteiger partial charge in [0.1, 0.15) is 11.6 Å².